The molecule has 0 aliphatic heterocycles. The molecule has 1 aromatic carbocycles. The molecule has 1 aliphatic carbocycles. The lowest BCUT2D eigenvalue weighted by Gasteiger charge is -2.16. The average Bonchev–Trinajstić information content (AvgIpc) is 3.22. The highest BCUT2D eigenvalue weighted by molar-refractivity contribution is 7.94. The number of rotatable bonds is 8. The third kappa shape index (κ3) is 5.91. The number of hydrogen-bond acceptors (Lipinski definition) is 9. The Hall–Kier alpha value is -3.29. The number of thiocarbonyl (C=S) groups is 1. The summed E-state index contributed by atoms with van der Waals surface area (Å²) in [6.45, 7) is 2.06. The molecule has 0 fully saturated rings. The highest BCUT2D eigenvalue weighted by Crippen LogP contribution is 2.38. The zero-order valence-electron chi connectivity index (χ0n) is 19.6. The number of nitrogens with zero attached hydrogens (tertiary/aromatic N) is 3. The van der Waals surface area contributed by atoms with Crippen molar-refractivity contribution in [3.63, 3.8) is 0 Å². The smallest absolute Gasteiger partial charge is 0.341 e. The minimum Gasteiger partial charge on any atom is -0.481 e. The molecule has 0 saturated heterocycles. The number of esters is 1. The fourth-order valence-electron chi connectivity index (χ4n) is 3.72. The topological polar surface area (TPSA) is 134 Å². The maximum absolute atomic E-state index is 12.7. The van der Waals surface area contributed by atoms with Crippen molar-refractivity contribution in [1.29, 1.82) is 0 Å². The van der Waals surface area contributed by atoms with E-state index in [1.165, 1.54) is 47.9 Å². The van der Waals surface area contributed by atoms with Gasteiger partial charge < -0.3 is 29.8 Å². The Kier molecular flexibility index (Phi) is 8.01. The number of ether oxygens (including phenoxy) is 2. The van der Waals surface area contributed by atoms with Gasteiger partial charge in [-0.15, -0.1) is 11.3 Å². The second kappa shape index (κ2) is 11.2. The summed E-state index contributed by atoms with van der Waals surface area (Å²) in [4.78, 5) is 21.5. The fourth-order valence-corrected chi connectivity index (χ4v) is 6.21. The molecule has 2 heterocycles. The number of aromatic nitrogens is 2. The first-order valence-electron chi connectivity index (χ1n) is 11.1. The first-order chi connectivity index (χ1) is 17.3. The molecule has 190 valence electrons. The number of thiophene rings is 1. The van der Waals surface area contributed by atoms with Gasteiger partial charge in [-0.1, -0.05) is 0 Å². The zero-order chi connectivity index (χ0) is 25.7. The van der Waals surface area contributed by atoms with Gasteiger partial charge >= 0.3 is 5.97 Å². The maximum atomic E-state index is 12.7. The minimum absolute atomic E-state index is 0.0139. The third-order valence-electron chi connectivity index (χ3n) is 5.34. The van der Waals surface area contributed by atoms with Crippen molar-refractivity contribution in [2.45, 2.75) is 37.5 Å². The van der Waals surface area contributed by atoms with E-state index in [0.29, 0.717) is 16.3 Å². The number of benzene rings is 1. The third-order valence-corrected chi connectivity index (χ3v) is 8.05. The molecule has 0 atom stereocenters. The van der Waals surface area contributed by atoms with Crippen molar-refractivity contribution in [3.8, 4) is 5.88 Å². The van der Waals surface area contributed by atoms with E-state index in [2.05, 4.69) is 25.3 Å². The lowest BCUT2D eigenvalue weighted by atomic mass is 9.95. The predicted octanol–water partition coefficient (Wildman–Crippen LogP) is 4.81. The van der Waals surface area contributed by atoms with Crippen LogP contribution in [0.25, 0.3) is 4.72 Å². The van der Waals surface area contributed by atoms with Crippen molar-refractivity contribution in [2.75, 3.05) is 24.4 Å². The van der Waals surface area contributed by atoms with Crippen LogP contribution in [0.4, 0.5) is 16.5 Å². The van der Waals surface area contributed by atoms with E-state index < -0.39 is 10.0 Å². The van der Waals surface area contributed by atoms with Gasteiger partial charge in [0.2, 0.25) is 15.9 Å². The molecular weight excluding hydrogens is 522 g/mol. The van der Waals surface area contributed by atoms with Crippen LogP contribution in [-0.4, -0.2) is 43.2 Å². The highest BCUT2D eigenvalue weighted by Gasteiger charge is 2.26. The molecule has 0 unspecified atom stereocenters. The summed E-state index contributed by atoms with van der Waals surface area (Å²) in [5, 5.41) is 7.06. The molecule has 0 saturated carbocycles. The van der Waals surface area contributed by atoms with Gasteiger partial charge in [0.1, 0.15) is 5.00 Å². The summed E-state index contributed by atoms with van der Waals surface area (Å²) in [7, 11) is -2.59. The van der Waals surface area contributed by atoms with Crippen molar-refractivity contribution in [1.82, 2.24) is 9.97 Å². The van der Waals surface area contributed by atoms with Gasteiger partial charge in [-0.05, 0) is 86.5 Å². The lowest BCUT2D eigenvalue weighted by molar-refractivity contribution is 0.0526. The van der Waals surface area contributed by atoms with E-state index in [9.17, 15) is 13.2 Å². The monoisotopic (exact) mass is 546 g/mol. The highest BCUT2D eigenvalue weighted by atomic mass is 32.2. The number of aryl methyl sites for hydroxylation is 1. The molecule has 10 nitrogen and oxygen atoms in total. The predicted molar refractivity (Wildman–Crippen MR) is 142 cm³/mol. The van der Waals surface area contributed by atoms with E-state index in [4.69, 9.17) is 21.7 Å². The molecule has 0 amide bonds. The van der Waals surface area contributed by atoms with E-state index in [0.717, 1.165) is 31.2 Å². The Morgan fingerprint density at radius 1 is 1.17 bits per heavy atom. The molecule has 13 heteroatoms. The van der Waals surface area contributed by atoms with Crippen LogP contribution < -0.4 is 15.4 Å². The van der Waals surface area contributed by atoms with Crippen LogP contribution in [-0.2, 0) is 27.6 Å². The number of anilines is 2. The summed E-state index contributed by atoms with van der Waals surface area (Å²) in [5.74, 6) is -0.190. The zero-order valence-corrected chi connectivity index (χ0v) is 22.1. The van der Waals surface area contributed by atoms with Crippen LogP contribution in [0.1, 0.15) is 40.6 Å². The molecule has 2 N–H and O–H groups in total. The van der Waals surface area contributed by atoms with E-state index in [1.54, 1.807) is 19.1 Å². The van der Waals surface area contributed by atoms with Crippen LogP contribution in [0.3, 0.4) is 0 Å². The van der Waals surface area contributed by atoms with Gasteiger partial charge in [-0.2, -0.15) is 0 Å². The lowest BCUT2D eigenvalue weighted by Crippen LogP contribution is -2.20. The largest absolute Gasteiger partial charge is 0.481 e. The van der Waals surface area contributed by atoms with E-state index in [-0.39, 0.29) is 34.3 Å². The van der Waals surface area contributed by atoms with Gasteiger partial charge in [0, 0.05) is 16.9 Å². The molecule has 0 radical (unpaired) electrons. The van der Waals surface area contributed by atoms with Gasteiger partial charge in [-0.3, -0.25) is 0 Å². The van der Waals surface area contributed by atoms with Gasteiger partial charge in [0.15, 0.2) is 5.11 Å². The maximum Gasteiger partial charge on any atom is 0.341 e. The average molecular weight is 547 g/mol. The number of carbonyl (C=O) groups is 1. The van der Waals surface area contributed by atoms with Crippen molar-refractivity contribution in [2.24, 2.45) is 0 Å². The van der Waals surface area contributed by atoms with Gasteiger partial charge in [0.25, 0.3) is 0 Å². The number of nitrogens with one attached hydrogen (secondary N) is 2. The molecule has 0 bridgehead atoms. The van der Waals surface area contributed by atoms with Crippen LogP contribution >= 0.6 is 23.6 Å². The number of methoxy groups -OCH3 is 1. The fraction of sp³-hybridized carbons (Fsp3) is 0.304. The van der Waals surface area contributed by atoms with E-state index in [1.807, 2.05) is 0 Å². The van der Waals surface area contributed by atoms with Crippen molar-refractivity contribution in [3.05, 3.63) is 57.4 Å². The quantitative estimate of drug-likeness (QED) is 0.300. The summed E-state index contributed by atoms with van der Waals surface area (Å²) in [6.07, 6.45) is 5.06. The van der Waals surface area contributed by atoms with Gasteiger partial charge in [-0.25, -0.2) is 18.2 Å². The summed E-state index contributed by atoms with van der Waals surface area (Å²) < 4.78 is 39.3. The van der Waals surface area contributed by atoms with Crippen LogP contribution in [0, 0.1) is 0 Å². The number of carbonyl (C=O) groups excluding carboxylic acids is 1. The second-order valence-electron chi connectivity index (χ2n) is 7.72. The van der Waals surface area contributed by atoms with Gasteiger partial charge in [0.05, 0.1) is 24.2 Å². The van der Waals surface area contributed by atoms with Crippen molar-refractivity contribution >= 4 is 61.2 Å². The molecular formula is C23H24N5O5S3-. The van der Waals surface area contributed by atoms with Crippen molar-refractivity contribution < 1.29 is 22.7 Å². The van der Waals surface area contributed by atoms with Crippen LogP contribution in [0.15, 0.2) is 41.6 Å². The first kappa shape index (κ1) is 25.8. The van der Waals surface area contributed by atoms with Crippen LogP contribution in [0.5, 0.6) is 5.88 Å². The normalized spacial score (nSPS) is 12.8. The molecule has 4 rings (SSSR count). The van der Waals surface area contributed by atoms with E-state index >= 15 is 0 Å². The van der Waals surface area contributed by atoms with Crippen LogP contribution in [0.2, 0.25) is 0 Å². The minimum atomic E-state index is -4.00. The molecule has 3 aromatic rings. The Balaban J connectivity index is 1.45. The second-order valence-corrected chi connectivity index (χ2v) is 10.8. The summed E-state index contributed by atoms with van der Waals surface area (Å²) in [5.41, 5.74) is 2.15. The standard InChI is InChI=1S/C23H25N5O5S3/c1-3-33-22(29)20-16-6-4-5-7-17(16)35-21(20)27-23(34)26-14-8-10-15(11-9-14)36(30,31)28-18-12-19(32-2)25-13-24-18/h8-13H,3-7H2,1-2H3,(H3,24,25,26,27,28,29,34)/p-1. The Bertz CT molecular complexity index is 1370. The SMILES string of the molecule is CCOC(=O)c1c(NC(=S)Nc2ccc(S(=O)(=O)[N-]c3cc(OC)ncn3)cc2)sc2c1CCCC2. The Morgan fingerprint density at radius 3 is 2.64 bits per heavy atom. The first-order valence-corrected chi connectivity index (χ1v) is 13.8. The molecule has 36 heavy (non-hydrogen) atoms. The molecule has 1 aliphatic rings. The molecule has 0 spiro atoms. The number of fused-ring (bicyclic) bond motifs is 1. The Labute approximate surface area is 218 Å². The summed E-state index contributed by atoms with van der Waals surface area (Å²) in [6, 6.07) is 7.29. The Morgan fingerprint density at radius 2 is 1.92 bits per heavy atom. The number of sulfonamides is 1. The molecule has 2 aromatic heterocycles. The number of hydrogen-bond donors (Lipinski definition) is 2. The summed E-state index contributed by atoms with van der Waals surface area (Å²) >= 11 is 6.97.